The second-order valence-electron chi connectivity index (χ2n) is 6.03. The monoisotopic (exact) mass is 446 g/mol. The van der Waals surface area contributed by atoms with Crippen LogP contribution in [0.5, 0.6) is 5.75 Å². The lowest BCUT2D eigenvalue weighted by Crippen LogP contribution is -2.19. The first-order valence-corrected chi connectivity index (χ1v) is 9.94. The number of nitrogens with zero attached hydrogens (tertiary/aromatic N) is 3. The summed E-state index contributed by atoms with van der Waals surface area (Å²) in [4.78, 5) is 23.0. The summed E-state index contributed by atoms with van der Waals surface area (Å²) in [5, 5.41) is 5.24. The standard InChI is InChI=1S/C19H19BrN4O2S/c1-24(2)7-8-26-17-6-4-3-5-15(17)16-12-27-19(22-16)23-18(25)13-9-14(20)11-21-10-13/h3-6,9-12H,7-8H2,1-2H3,(H,22,23,25). The van der Waals surface area contributed by atoms with Crippen LogP contribution in [-0.2, 0) is 0 Å². The third-order valence-corrected chi connectivity index (χ3v) is 4.84. The maximum absolute atomic E-state index is 12.3. The highest BCUT2D eigenvalue weighted by molar-refractivity contribution is 9.10. The minimum Gasteiger partial charge on any atom is -0.492 e. The number of aromatic nitrogens is 2. The van der Waals surface area contributed by atoms with Crippen LogP contribution in [-0.4, -0.2) is 48.0 Å². The third kappa shape index (κ3) is 5.35. The number of anilines is 1. The largest absolute Gasteiger partial charge is 0.492 e. The molecule has 6 nitrogen and oxygen atoms in total. The number of hydrogen-bond donors (Lipinski definition) is 1. The van der Waals surface area contributed by atoms with Crippen LogP contribution in [0.3, 0.4) is 0 Å². The molecule has 140 valence electrons. The zero-order valence-electron chi connectivity index (χ0n) is 15.0. The van der Waals surface area contributed by atoms with Crippen LogP contribution in [0.25, 0.3) is 11.3 Å². The molecule has 3 rings (SSSR count). The Hall–Kier alpha value is -2.29. The Morgan fingerprint density at radius 1 is 1.30 bits per heavy atom. The molecule has 8 heteroatoms. The van der Waals surface area contributed by atoms with Crippen LogP contribution in [0.1, 0.15) is 10.4 Å². The lowest BCUT2D eigenvalue weighted by molar-refractivity contribution is 0.102. The predicted octanol–water partition coefficient (Wildman–Crippen LogP) is 4.16. The number of thiazole rings is 1. The summed E-state index contributed by atoms with van der Waals surface area (Å²) in [6.45, 7) is 1.42. The molecule has 3 aromatic rings. The van der Waals surface area contributed by atoms with Crippen LogP contribution in [0.2, 0.25) is 0 Å². The summed E-state index contributed by atoms with van der Waals surface area (Å²) in [7, 11) is 4.01. The first kappa shape index (κ1) is 19.5. The maximum Gasteiger partial charge on any atom is 0.259 e. The molecule has 2 aromatic heterocycles. The zero-order valence-corrected chi connectivity index (χ0v) is 17.4. The van der Waals surface area contributed by atoms with E-state index in [1.54, 1.807) is 12.3 Å². The lowest BCUT2D eigenvalue weighted by atomic mass is 10.1. The molecule has 0 aliphatic carbocycles. The van der Waals surface area contributed by atoms with Gasteiger partial charge in [-0.05, 0) is 48.2 Å². The average Bonchev–Trinajstić information content (AvgIpc) is 3.10. The fraction of sp³-hybridized carbons (Fsp3) is 0.211. The summed E-state index contributed by atoms with van der Waals surface area (Å²) in [6, 6.07) is 9.48. The fourth-order valence-corrected chi connectivity index (χ4v) is 3.37. The first-order valence-electron chi connectivity index (χ1n) is 8.27. The van der Waals surface area contributed by atoms with Crippen molar-refractivity contribution >= 4 is 38.3 Å². The molecule has 0 aliphatic rings. The Bertz CT molecular complexity index is 929. The molecule has 0 saturated heterocycles. The molecule has 1 amide bonds. The number of pyridine rings is 1. The number of rotatable bonds is 7. The van der Waals surface area contributed by atoms with Crippen molar-refractivity contribution in [2.24, 2.45) is 0 Å². The number of amides is 1. The zero-order chi connectivity index (χ0) is 19.2. The van der Waals surface area contributed by atoms with Crippen molar-refractivity contribution in [1.29, 1.82) is 0 Å². The van der Waals surface area contributed by atoms with E-state index in [1.807, 2.05) is 43.7 Å². The summed E-state index contributed by atoms with van der Waals surface area (Å²) in [6.07, 6.45) is 3.15. The number of carbonyl (C=O) groups is 1. The molecule has 0 saturated carbocycles. The molecule has 0 unspecified atom stereocenters. The number of carbonyl (C=O) groups excluding carboxylic acids is 1. The van der Waals surface area contributed by atoms with E-state index in [-0.39, 0.29) is 5.91 Å². The number of likely N-dealkylation sites (N-methyl/N-ethyl adjacent to an activating group) is 1. The Morgan fingerprint density at radius 3 is 2.89 bits per heavy atom. The van der Waals surface area contributed by atoms with Crippen LogP contribution in [0, 0.1) is 0 Å². The summed E-state index contributed by atoms with van der Waals surface area (Å²) < 4.78 is 6.65. The SMILES string of the molecule is CN(C)CCOc1ccccc1-c1csc(NC(=O)c2cncc(Br)c2)n1. The van der Waals surface area contributed by atoms with Crippen molar-refractivity contribution in [3.05, 3.63) is 58.1 Å². The van der Waals surface area contributed by atoms with Gasteiger partial charge in [0.1, 0.15) is 12.4 Å². The average molecular weight is 447 g/mol. The van der Waals surface area contributed by atoms with Crippen molar-refractivity contribution in [2.45, 2.75) is 0 Å². The highest BCUT2D eigenvalue weighted by Gasteiger charge is 2.13. The molecular weight excluding hydrogens is 428 g/mol. The van der Waals surface area contributed by atoms with E-state index >= 15 is 0 Å². The quantitative estimate of drug-likeness (QED) is 0.589. The predicted molar refractivity (Wildman–Crippen MR) is 111 cm³/mol. The Kier molecular flexibility index (Phi) is 6.54. The molecule has 1 aromatic carbocycles. The van der Waals surface area contributed by atoms with E-state index in [1.165, 1.54) is 17.5 Å². The molecule has 2 heterocycles. The van der Waals surface area contributed by atoms with E-state index in [4.69, 9.17) is 4.74 Å². The molecule has 0 spiro atoms. The molecule has 0 aliphatic heterocycles. The van der Waals surface area contributed by atoms with Gasteiger partial charge in [-0.15, -0.1) is 11.3 Å². The summed E-state index contributed by atoms with van der Waals surface area (Å²) in [5.74, 6) is 0.527. The summed E-state index contributed by atoms with van der Waals surface area (Å²) >= 11 is 4.69. The van der Waals surface area contributed by atoms with Gasteiger partial charge in [0.2, 0.25) is 0 Å². The van der Waals surface area contributed by atoms with Crippen molar-refractivity contribution in [2.75, 3.05) is 32.6 Å². The highest BCUT2D eigenvalue weighted by Crippen LogP contribution is 2.32. The van der Waals surface area contributed by atoms with Gasteiger partial charge in [-0.2, -0.15) is 0 Å². The van der Waals surface area contributed by atoms with E-state index in [0.717, 1.165) is 28.0 Å². The van der Waals surface area contributed by atoms with E-state index in [9.17, 15) is 4.79 Å². The highest BCUT2D eigenvalue weighted by atomic mass is 79.9. The van der Waals surface area contributed by atoms with Crippen LogP contribution >= 0.6 is 27.3 Å². The second kappa shape index (κ2) is 9.07. The van der Waals surface area contributed by atoms with Crippen LogP contribution in [0.4, 0.5) is 5.13 Å². The number of benzene rings is 1. The number of halogens is 1. The first-order chi connectivity index (χ1) is 13.0. The molecule has 0 fully saturated rings. The van der Waals surface area contributed by atoms with E-state index in [2.05, 4.69) is 36.1 Å². The van der Waals surface area contributed by atoms with Gasteiger partial charge < -0.3 is 9.64 Å². The van der Waals surface area contributed by atoms with Gasteiger partial charge in [-0.3, -0.25) is 15.1 Å². The summed E-state index contributed by atoms with van der Waals surface area (Å²) in [5.41, 5.74) is 2.13. The smallest absolute Gasteiger partial charge is 0.259 e. The second-order valence-corrected chi connectivity index (χ2v) is 7.81. The number of para-hydroxylation sites is 1. The number of ether oxygens (including phenoxy) is 1. The minimum atomic E-state index is -0.250. The topological polar surface area (TPSA) is 67.3 Å². The van der Waals surface area contributed by atoms with E-state index < -0.39 is 0 Å². The third-order valence-electron chi connectivity index (χ3n) is 3.65. The van der Waals surface area contributed by atoms with Crippen molar-refractivity contribution < 1.29 is 9.53 Å². The van der Waals surface area contributed by atoms with Gasteiger partial charge in [0.15, 0.2) is 5.13 Å². The van der Waals surface area contributed by atoms with Crippen LogP contribution < -0.4 is 10.1 Å². The van der Waals surface area contributed by atoms with Gasteiger partial charge in [-0.1, -0.05) is 12.1 Å². The molecule has 1 N–H and O–H groups in total. The molecule has 27 heavy (non-hydrogen) atoms. The van der Waals surface area contributed by atoms with Gasteiger partial charge >= 0.3 is 0 Å². The van der Waals surface area contributed by atoms with Gasteiger partial charge in [0, 0.05) is 34.4 Å². The minimum absolute atomic E-state index is 0.250. The molecule has 0 atom stereocenters. The van der Waals surface area contributed by atoms with Crippen molar-refractivity contribution in [3.63, 3.8) is 0 Å². The normalized spacial score (nSPS) is 10.8. The van der Waals surface area contributed by atoms with E-state index in [0.29, 0.717) is 17.3 Å². The maximum atomic E-state index is 12.3. The fourth-order valence-electron chi connectivity index (χ4n) is 2.30. The Balaban J connectivity index is 1.73. The molecule has 0 radical (unpaired) electrons. The Labute approximate surface area is 170 Å². The van der Waals surface area contributed by atoms with Crippen LogP contribution in [0.15, 0.2) is 52.6 Å². The Morgan fingerprint density at radius 2 is 2.11 bits per heavy atom. The van der Waals surface area contributed by atoms with Gasteiger partial charge in [0.05, 0.1) is 11.3 Å². The number of hydrogen-bond acceptors (Lipinski definition) is 6. The van der Waals surface area contributed by atoms with Gasteiger partial charge in [0.25, 0.3) is 5.91 Å². The molecule has 0 bridgehead atoms. The number of nitrogens with one attached hydrogen (secondary N) is 1. The lowest BCUT2D eigenvalue weighted by Gasteiger charge is -2.13. The molecular formula is C19H19BrN4O2S. The van der Waals surface area contributed by atoms with Crippen molar-refractivity contribution in [3.8, 4) is 17.0 Å². The van der Waals surface area contributed by atoms with Gasteiger partial charge in [-0.25, -0.2) is 4.98 Å². The van der Waals surface area contributed by atoms with Crippen molar-refractivity contribution in [1.82, 2.24) is 14.9 Å².